The highest BCUT2D eigenvalue weighted by atomic mass is 16.5. The van der Waals surface area contributed by atoms with E-state index in [1.54, 1.807) is 97.1 Å². The van der Waals surface area contributed by atoms with Gasteiger partial charge in [-0.15, -0.1) is 12.8 Å². The Morgan fingerprint density at radius 2 is 0.648 bits per heavy atom. The van der Waals surface area contributed by atoms with Crippen LogP contribution in [-0.4, -0.2) is 153 Å². The third-order valence-electron chi connectivity index (χ3n) is 11.1. The Balaban J connectivity index is -0.000000494. The Kier molecular flexibility index (Phi) is 57.5. The number of carbonyl (C=O) groups is 8. The predicted molar refractivity (Wildman–Crippen MR) is 361 cm³/mol. The molecule has 10 N–H and O–H groups in total. The summed E-state index contributed by atoms with van der Waals surface area (Å²) >= 11 is 0. The molecule has 492 valence electrons. The summed E-state index contributed by atoms with van der Waals surface area (Å²) in [5, 5.41) is 28.7. The molecule has 0 spiro atoms. The highest BCUT2D eigenvalue weighted by Gasteiger charge is 2.08. The molecule has 4 rings (SSSR count). The van der Waals surface area contributed by atoms with E-state index in [9.17, 15) is 38.4 Å². The van der Waals surface area contributed by atoms with E-state index in [0.717, 1.165) is 38.8 Å². The van der Waals surface area contributed by atoms with Crippen LogP contribution < -0.4 is 53.2 Å². The summed E-state index contributed by atoms with van der Waals surface area (Å²) in [5.74, 6) is -0.601. The number of unbranched alkanes of at least 4 members (excludes halogenated alkanes) is 2. The van der Waals surface area contributed by atoms with Crippen molar-refractivity contribution in [3.05, 3.63) is 119 Å². The van der Waals surface area contributed by atoms with Gasteiger partial charge in [-0.05, 0) is 199 Å². The van der Waals surface area contributed by atoms with E-state index in [4.69, 9.17) is 14.2 Å². The summed E-state index contributed by atoms with van der Waals surface area (Å²) in [7, 11) is 7.68. The molecule has 3 unspecified atom stereocenters. The molecular weight excluding hydrogens is 1120 g/mol. The molecule has 6 amide bonds. The molecule has 21 nitrogen and oxygen atoms in total. The number of terminal acetylenes is 1. The molecular formula is C67H108N10O11. The van der Waals surface area contributed by atoms with Crippen LogP contribution in [0.2, 0.25) is 0 Å². The van der Waals surface area contributed by atoms with Gasteiger partial charge in [-0.1, -0.05) is 27.7 Å². The first-order valence-electron chi connectivity index (χ1n) is 29.9. The largest absolute Gasteiger partial charge is 0.377 e. The van der Waals surface area contributed by atoms with Gasteiger partial charge in [0, 0.05) is 97.9 Å². The Labute approximate surface area is 526 Å². The third kappa shape index (κ3) is 50.5. The van der Waals surface area contributed by atoms with Crippen LogP contribution in [0.1, 0.15) is 157 Å². The number of ketones is 2. The molecule has 4 aromatic rings. The third-order valence-corrected chi connectivity index (χ3v) is 11.1. The molecule has 4 aromatic carbocycles. The van der Waals surface area contributed by atoms with Gasteiger partial charge in [-0.2, -0.15) is 0 Å². The number of hydrogen-bond acceptors (Lipinski definition) is 15. The number of ether oxygens (including phenoxy) is 3. The average molecular weight is 1230 g/mol. The number of hydrogen-bond donors (Lipinski definition) is 10. The summed E-state index contributed by atoms with van der Waals surface area (Å²) < 4.78 is 16.5. The van der Waals surface area contributed by atoms with Gasteiger partial charge in [0.2, 0.25) is 23.6 Å². The van der Waals surface area contributed by atoms with Gasteiger partial charge in [0.25, 0.3) is 11.8 Å². The van der Waals surface area contributed by atoms with Crippen molar-refractivity contribution in [1.82, 2.24) is 31.9 Å². The minimum absolute atomic E-state index is 0.0226. The fourth-order valence-corrected chi connectivity index (χ4v) is 6.41. The minimum Gasteiger partial charge on any atom is -0.377 e. The molecule has 0 saturated carbocycles. The summed E-state index contributed by atoms with van der Waals surface area (Å²) in [6.07, 6.45) is 12.1. The van der Waals surface area contributed by atoms with Gasteiger partial charge in [0.1, 0.15) is 0 Å². The van der Waals surface area contributed by atoms with Crippen LogP contribution >= 0.6 is 0 Å². The number of anilines is 4. The van der Waals surface area contributed by atoms with Crippen molar-refractivity contribution < 1.29 is 52.6 Å². The number of likely N-dealkylation sites (N-methyl/N-ethyl adjacent to an activating group) is 2. The smallest absolute Gasteiger partial charge is 0.251 e. The number of nitrogens with one attached hydrogen (secondary N) is 10. The van der Waals surface area contributed by atoms with Crippen molar-refractivity contribution in [2.45, 2.75) is 134 Å². The zero-order valence-corrected chi connectivity index (χ0v) is 55.8. The van der Waals surface area contributed by atoms with Crippen LogP contribution in [0.25, 0.3) is 0 Å². The van der Waals surface area contributed by atoms with Crippen LogP contribution in [0, 0.1) is 12.8 Å². The predicted octanol–water partition coefficient (Wildman–Crippen LogP) is 9.39. The first-order valence-corrected chi connectivity index (χ1v) is 29.9. The van der Waals surface area contributed by atoms with Crippen molar-refractivity contribution in [3.63, 3.8) is 0 Å². The van der Waals surface area contributed by atoms with Crippen LogP contribution in [0.15, 0.2) is 97.1 Å². The lowest BCUT2D eigenvalue weighted by Crippen LogP contribution is -2.30. The van der Waals surface area contributed by atoms with Gasteiger partial charge in [0.15, 0.2) is 11.6 Å². The van der Waals surface area contributed by atoms with Crippen molar-refractivity contribution in [2.75, 3.05) is 109 Å². The number of benzene rings is 4. The summed E-state index contributed by atoms with van der Waals surface area (Å²) in [5.41, 5.74) is 5.29. The molecule has 0 bridgehead atoms. The van der Waals surface area contributed by atoms with Crippen LogP contribution in [0.5, 0.6) is 0 Å². The molecule has 88 heavy (non-hydrogen) atoms. The number of amides is 6. The topological polar surface area (TPSA) is 285 Å². The van der Waals surface area contributed by atoms with Crippen LogP contribution in [0.3, 0.4) is 0 Å². The molecule has 0 fully saturated rings. The molecule has 0 aliphatic carbocycles. The molecule has 0 saturated heterocycles. The van der Waals surface area contributed by atoms with E-state index in [1.807, 2.05) is 62.8 Å². The highest BCUT2D eigenvalue weighted by molar-refractivity contribution is 5.97. The summed E-state index contributed by atoms with van der Waals surface area (Å²) in [6, 6.07) is 28.0. The van der Waals surface area contributed by atoms with Crippen molar-refractivity contribution in [1.29, 1.82) is 0 Å². The van der Waals surface area contributed by atoms with Crippen molar-refractivity contribution in [2.24, 2.45) is 0 Å². The summed E-state index contributed by atoms with van der Waals surface area (Å²) in [4.78, 5) is 88.4. The maximum absolute atomic E-state index is 11.8. The second kappa shape index (κ2) is 58.3. The number of carbonyl (C=O) groups excluding carboxylic acids is 8. The second-order valence-corrected chi connectivity index (χ2v) is 19.0. The average Bonchev–Trinajstić information content (AvgIpc) is 3.73. The number of Topliss-reactive ketones (excluding diaryl/α,β-unsaturated/α-hetero) is 2. The Morgan fingerprint density at radius 1 is 0.386 bits per heavy atom. The Hall–Kier alpha value is -7.68. The normalized spacial score (nSPS) is 10.6. The fraction of sp³-hybridized carbons (Fsp3) is 0.493. The van der Waals surface area contributed by atoms with E-state index < -0.39 is 0 Å². The maximum Gasteiger partial charge on any atom is 0.251 e. The molecule has 0 radical (unpaired) electrons. The first kappa shape index (κ1) is 86.8. The lowest BCUT2D eigenvalue weighted by atomic mass is 10.1. The zero-order chi connectivity index (χ0) is 67.7. The molecule has 0 aromatic heterocycles. The monoisotopic (exact) mass is 1230 g/mol. The zero-order valence-electron chi connectivity index (χ0n) is 55.8. The molecule has 0 aliphatic heterocycles. The SMILES string of the molecule is C#C.CC.CC.CC(=O)Nc1ccc(C(C)=O)cc1.CC(=O)Nc1ccc(C(C)=O)cc1.CNC(C)COCCOCC(C)OCC(C)NC.CNCCCCNC(=O)c1ccc(NC(C)=O)cc1.CNCCCCNC(=O)c1ccc(NC(C)=O)cc1. The van der Waals surface area contributed by atoms with E-state index in [0.29, 0.717) is 103 Å². The van der Waals surface area contributed by atoms with Crippen molar-refractivity contribution in [3.8, 4) is 12.8 Å². The van der Waals surface area contributed by atoms with Gasteiger partial charge in [-0.25, -0.2) is 0 Å². The van der Waals surface area contributed by atoms with Crippen molar-refractivity contribution >= 4 is 69.8 Å². The molecule has 21 heteroatoms. The van der Waals surface area contributed by atoms with Crippen LogP contribution in [-0.2, 0) is 33.4 Å². The fourth-order valence-electron chi connectivity index (χ4n) is 6.41. The van der Waals surface area contributed by atoms with E-state index in [2.05, 4.69) is 79.9 Å². The van der Waals surface area contributed by atoms with E-state index >= 15 is 0 Å². The van der Waals surface area contributed by atoms with Gasteiger partial charge < -0.3 is 67.4 Å². The Morgan fingerprint density at radius 3 is 0.909 bits per heavy atom. The van der Waals surface area contributed by atoms with Gasteiger partial charge in [0.05, 0.1) is 39.1 Å². The lowest BCUT2D eigenvalue weighted by Gasteiger charge is -2.17. The standard InChI is InChI=1S/2C14H21N3O2.C13H30N2O3.2C10H11NO2.2C2H6.C2H2/c2*1-11(18)17-13-7-5-12(6-8-13)14(19)16-10-4-3-9-15-2;1-11(14-4)8-16-6-7-17-10-13(3)18-9-12(2)15-5;2*1-7(12)9-3-5-10(6-4-9)11-8(2)13;3*1-2/h2*5-8,15H,3-4,9-10H2,1-2H3,(H,16,19)(H,17,18);11-15H,6-10H2,1-5H3;2*3-6H,1-2H3,(H,11,13);2*1-2H3;1-2H. The second-order valence-electron chi connectivity index (χ2n) is 19.0. The molecule has 3 atom stereocenters. The first-order chi connectivity index (χ1) is 42.0. The van der Waals surface area contributed by atoms with Gasteiger partial charge in [-0.3, -0.25) is 38.4 Å². The minimum atomic E-state index is -0.123. The maximum atomic E-state index is 11.8. The molecule has 0 heterocycles. The number of rotatable bonds is 30. The van der Waals surface area contributed by atoms with Crippen LogP contribution in [0.4, 0.5) is 22.7 Å². The highest BCUT2D eigenvalue weighted by Crippen LogP contribution is 2.13. The quantitative estimate of drug-likeness (QED) is 0.0132. The van der Waals surface area contributed by atoms with E-state index in [1.165, 1.54) is 41.5 Å². The van der Waals surface area contributed by atoms with E-state index in [-0.39, 0.29) is 53.1 Å². The summed E-state index contributed by atoms with van der Waals surface area (Å²) in [6.45, 7) is 29.5. The lowest BCUT2D eigenvalue weighted by molar-refractivity contribution is -0.115. The van der Waals surface area contributed by atoms with Gasteiger partial charge >= 0.3 is 0 Å². The Bertz CT molecular complexity index is 2340. The molecule has 0 aliphatic rings.